The van der Waals surface area contributed by atoms with Gasteiger partial charge in [-0.25, -0.2) is 0 Å². The molecule has 0 spiro atoms. The normalized spacial score (nSPS) is 15.0. The van der Waals surface area contributed by atoms with Gasteiger partial charge in [0.15, 0.2) is 0 Å². The molecule has 27 heavy (non-hydrogen) atoms. The van der Waals surface area contributed by atoms with Crippen LogP contribution < -0.4 is 5.32 Å². The SMILES string of the molecule is CC(=O)Nc1ccc(C(=O)N2CCN(CCn3nc(C)cc3C)CC2)cc1. The van der Waals surface area contributed by atoms with Gasteiger partial charge in [-0.1, -0.05) is 0 Å². The molecule has 0 unspecified atom stereocenters. The Morgan fingerprint density at radius 2 is 1.70 bits per heavy atom. The average molecular weight is 369 g/mol. The molecule has 0 atom stereocenters. The average Bonchev–Trinajstić information content (AvgIpc) is 2.97. The lowest BCUT2D eigenvalue weighted by atomic mass is 10.1. The number of aromatic nitrogens is 2. The lowest BCUT2D eigenvalue weighted by Crippen LogP contribution is -2.49. The third-order valence-corrected chi connectivity index (χ3v) is 4.84. The fourth-order valence-electron chi connectivity index (χ4n) is 3.39. The van der Waals surface area contributed by atoms with E-state index in [4.69, 9.17) is 0 Å². The second-order valence-corrected chi connectivity index (χ2v) is 7.04. The maximum Gasteiger partial charge on any atom is 0.253 e. The standard InChI is InChI=1S/C20H27N5O2/c1-15-14-16(2)25(22-15)13-10-23-8-11-24(12-9-23)20(27)18-4-6-19(7-5-18)21-17(3)26/h4-7,14H,8-13H2,1-3H3,(H,21,26). The van der Waals surface area contributed by atoms with E-state index < -0.39 is 0 Å². The van der Waals surface area contributed by atoms with Crippen LogP contribution in [0.15, 0.2) is 30.3 Å². The molecule has 0 saturated carbocycles. The van der Waals surface area contributed by atoms with Gasteiger partial charge >= 0.3 is 0 Å². The Morgan fingerprint density at radius 3 is 2.26 bits per heavy atom. The van der Waals surface area contributed by atoms with Crippen molar-refractivity contribution in [3.8, 4) is 0 Å². The zero-order valence-corrected chi connectivity index (χ0v) is 16.2. The van der Waals surface area contributed by atoms with Gasteiger partial charge in [0, 0.05) is 56.6 Å². The maximum atomic E-state index is 12.7. The van der Waals surface area contributed by atoms with Crippen molar-refractivity contribution in [2.45, 2.75) is 27.3 Å². The molecular formula is C20H27N5O2. The Balaban J connectivity index is 1.48. The monoisotopic (exact) mass is 369 g/mol. The van der Waals surface area contributed by atoms with Crippen molar-refractivity contribution < 1.29 is 9.59 Å². The fraction of sp³-hybridized carbons (Fsp3) is 0.450. The molecule has 2 aromatic rings. The van der Waals surface area contributed by atoms with Crippen LogP contribution in [0.3, 0.4) is 0 Å². The molecule has 0 aliphatic carbocycles. The van der Waals surface area contributed by atoms with Gasteiger partial charge in [0.1, 0.15) is 0 Å². The smallest absolute Gasteiger partial charge is 0.253 e. The summed E-state index contributed by atoms with van der Waals surface area (Å²) in [5.41, 5.74) is 3.59. The van der Waals surface area contributed by atoms with Crippen molar-refractivity contribution in [1.29, 1.82) is 0 Å². The van der Waals surface area contributed by atoms with Gasteiger partial charge in [0.2, 0.25) is 5.91 Å². The number of amides is 2. The van der Waals surface area contributed by atoms with Crippen LogP contribution in [0.25, 0.3) is 0 Å². The van der Waals surface area contributed by atoms with Crippen molar-refractivity contribution in [2.75, 3.05) is 38.0 Å². The van der Waals surface area contributed by atoms with Crippen LogP contribution in [0.1, 0.15) is 28.7 Å². The molecule has 1 aliphatic heterocycles. The molecule has 0 bridgehead atoms. The molecule has 1 aromatic carbocycles. The first kappa shape index (κ1) is 19.1. The first-order valence-corrected chi connectivity index (χ1v) is 9.33. The first-order valence-electron chi connectivity index (χ1n) is 9.33. The summed E-state index contributed by atoms with van der Waals surface area (Å²) < 4.78 is 2.05. The van der Waals surface area contributed by atoms with Crippen LogP contribution in [0.2, 0.25) is 0 Å². The number of hydrogen-bond acceptors (Lipinski definition) is 4. The second-order valence-electron chi connectivity index (χ2n) is 7.04. The summed E-state index contributed by atoms with van der Waals surface area (Å²) in [6.07, 6.45) is 0. The number of anilines is 1. The number of nitrogens with zero attached hydrogens (tertiary/aromatic N) is 4. The van der Waals surface area contributed by atoms with Crippen molar-refractivity contribution in [3.05, 3.63) is 47.3 Å². The molecule has 7 nitrogen and oxygen atoms in total. The number of rotatable bonds is 5. The highest BCUT2D eigenvalue weighted by Crippen LogP contribution is 2.13. The van der Waals surface area contributed by atoms with Crippen LogP contribution in [-0.2, 0) is 11.3 Å². The van der Waals surface area contributed by atoms with Crippen LogP contribution in [0.4, 0.5) is 5.69 Å². The quantitative estimate of drug-likeness (QED) is 0.874. The van der Waals surface area contributed by atoms with E-state index in [9.17, 15) is 9.59 Å². The molecule has 1 aromatic heterocycles. The van der Waals surface area contributed by atoms with Gasteiger partial charge in [-0.3, -0.25) is 19.2 Å². The van der Waals surface area contributed by atoms with E-state index in [-0.39, 0.29) is 11.8 Å². The Bertz CT molecular complexity index is 804. The molecule has 0 radical (unpaired) electrons. The molecular weight excluding hydrogens is 342 g/mol. The molecule has 2 amide bonds. The highest BCUT2D eigenvalue weighted by Gasteiger charge is 2.22. The lowest BCUT2D eigenvalue weighted by molar-refractivity contribution is -0.114. The molecule has 1 fully saturated rings. The fourth-order valence-corrected chi connectivity index (χ4v) is 3.39. The lowest BCUT2D eigenvalue weighted by Gasteiger charge is -2.34. The molecule has 1 N–H and O–H groups in total. The van der Waals surface area contributed by atoms with Crippen molar-refractivity contribution >= 4 is 17.5 Å². The predicted molar refractivity (Wildman–Crippen MR) is 105 cm³/mol. The number of nitrogens with one attached hydrogen (secondary N) is 1. The van der Waals surface area contributed by atoms with Gasteiger partial charge in [0.05, 0.1) is 12.2 Å². The predicted octanol–water partition coefficient (Wildman–Crippen LogP) is 1.92. The van der Waals surface area contributed by atoms with Gasteiger partial charge in [-0.15, -0.1) is 0 Å². The van der Waals surface area contributed by atoms with Gasteiger partial charge in [-0.2, -0.15) is 5.10 Å². The van der Waals surface area contributed by atoms with E-state index in [2.05, 4.69) is 28.3 Å². The second kappa shape index (κ2) is 8.35. The summed E-state index contributed by atoms with van der Waals surface area (Å²) in [5, 5.41) is 7.21. The molecule has 3 rings (SSSR count). The third kappa shape index (κ3) is 4.95. The van der Waals surface area contributed by atoms with E-state index in [1.807, 2.05) is 16.5 Å². The number of aryl methyl sites for hydroxylation is 2. The first-order chi connectivity index (χ1) is 12.9. The summed E-state index contributed by atoms with van der Waals surface area (Å²) in [6, 6.07) is 9.15. The van der Waals surface area contributed by atoms with Crippen LogP contribution in [-0.4, -0.2) is 64.1 Å². The Labute approximate surface area is 159 Å². The van der Waals surface area contributed by atoms with Gasteiger partial charge in [-0.05, 0) is 44.2 Å². The maximum absolute atomic E-state index is 12.7. The minimum absolute atomic E-state index is 0.0440. The molecule has 1 aliphatic rings. The largest absolute Gasteiger partial charge is 0.336 e. The van der Waals surface area contributed by atoms with E-state index >= 15 is 0 Å². The van der Waals surface area contributed by atoms with Crippen molar-refractivity contribution in [1.82, 2.24) is 19.6 Å². The summed E-state index contributed by atoms with van der Waals surface area (Å²) in [5.74, 6) is -0.0757. The number of benzene rings is 1. The summed E-state index contributed by atoms with van der Waals surface area (Å²) in [4.78, 5) is 28.0. The minimum Gasteiger partial charge on any atom is -0.336 e. The van der Waals surface area contributed by atoms with Crippen molar-refractivity contribution in [3.63, 3.8) is 0 Å². The molecule has 144 valence electrons. The molecule has 1 saturated heterocycles. The number of piperazine rings is 1. The topological polar surface area (TPSA) is 70.5 Å². The van der Waals surface area contributed by atoms with Crippen LogP contribution >= 0.6 is 0 Å². The van der Waals surface area contributed by atoms with Gasteiger partial charge < -0.3 is 10.2 Å². The number of carbonyl (C=O) groups is 2. The van der Waals surface area contributed by atoms with E-state index in [1.54, 1.807) is 24.3 Å². The number of hydrogen-bond donors (Lipinski definition) is 1. The number of carbonyl (C=O) groups excluding carboxylic acids is 2. The Morgan fingerprint density at radius 1 is 1.04 bits per heavy atom. The van der Waals surface area contributed by atoms with Crippen molar-refractivity contribution in [2.24, 2.45) is 0 Å². The third-order valence-electron chi connectivity index (χ3n) is 4.84. The van der Waals surface area contributed by atoms with E-state index in [0.717, 1.165) is 45.0 Å². The van der Waals surface area contributed by atoms with Gasteiger partial charge in [0.25, 0.3) is 5.91 Å². The van der Waals surface area contributed by atoms with E-state index in [1.165, 1.54) is 12.6 Å². The Hall–Kier alpha value is -2.67. The van der Waals surface area contributed by atoms with Crippen LogP contribution in [0.5, 0.6) is 0 Å². The highest BCUT2D eigenvalue weighted by molar-refractivity contribution is 5.95. The summed E-state index contributed by atoms with van der Waals surface area (Å²) >= 11 is 0. The zero-order chi connectivity index (χ0) is 19.4. The highest BCUT2D eigenvalue weighted by atomic mass is 16.2. The Kier molecular flexibility index (Phi) is 5.91. The molecule has 7 heteroatoms. The summed E-state index contributed by atoms with van der Waals surface area (Å²) in [6.45, 7) is 10.6. The minimum atomic E-state index is -0.120. The van der Waals surface area contributed by atoms with E-state index in [0.29, 0.717) is 11.3 Å². The van der Waals surface area contributed by atoms with Crippen LogP contribution in [0, 0.1) is 13.8 Å². The summed E-state index contributed by atoms with van der Waals surface area (Å²) in [7, 11) is 0. The zero-order valence-electron chi connectivity index (χ0n) is 16.2. The molecule has 2 heterocycles.